The van der Waals surface area contributed by atoms with Crippen LogP contribution in [-0.2, 0) is 21.4 Å². The molecule has 3 aromatic carbocycles. The van der Waals surface area contributed by atoms with Crippen LogP contribution in [0.2, 0.25) is 0 Å². The summed E-state index contributed by atoms with van der Waals surface area (Å²) in [6.07, 6.45) is 0. The van der Waals surface area contributed by atoms with Crippen LogP contribution in [0.4, 0.5) is 0 Å². The number of amides is 1. The smallest absolute Gasteiger partial charge is 0.243 e. The van der Waals surface area contributed by atoms with E-state index in [-0.39, 0.29) is 24.0 Å². The lowest BCUT2D eigenvalue weighted by molar-refractivity contribution is -0.122. The molecule has 0 aliphatic carbocycles. The number of benzene rings is 3. The maximum atomic E-state index is 13.4. The highest BCUT2D eigenvalue weighted by Gasteiger charge is 2.27. The Hall–Kier alpha value is -2.68. The number of aryl methyl sites for hydroxylation is 1. The highest BCUT2D eigenvalue weighted by Crippen LogP contribution is 2.25. The van der Waals surface area contributed by atoms with E-state index in [4.69, 9.17) is 4.74 Å². The molecule has 1 unspecified atom stereocenters. The van der Waals surface area contributed by atoms with Crippen molar-refractivity contribution in [2.45, 2.75) is 31.3 Å². The quantitative estimate of drug-likeness (QED) is 0.429. The van der Waals surface area contributed by atoms with Crippen LogP contribution in [0.15, 0.2) is 82.2 Å². The average Bonchev–Trinajstić information content (AvgIpc) is 2.80. The zero-order chi connectivity index (χ0) is 24.0. The van der Waals surface area contributed by atoms with Gasteiger partial charge in [-0.1, -0.05) is 64.0 Å². The SMILES string of the molecule is COc1ccccc1C(C)NC(=O)CN(Cc1ccc(Br)cc1)S(=O)(=O)c1ccc(C)cc1. The van der Waals surface area contributed by atoms with Crippen molar-refractivity contribution in [1.82, 2.24) is 9.62 Å². The van der Waals surface area contributed by atoms with Gasteiger partial charge in [-0.05, 0) is 49.7 Å². The molecule has 0 aromatic heterocycles. The molecular formula is C25H27BrN2O4S. The standard InChI is InChI=1S/C25H27BrN2O4S/c1-18-8-14-22(15-9-18)33(30,31)28(16-20-10-12-21(26)13-11-20)17-25(29)27-19(2)23-6-4-5-7-24(23)32-3/h4-15,19H,16-17H2,1-3H3,(H,27,29). The van der Waals surface area contributed by atoms with Crippen molar-refractivity contribution in [3.05, 3.63) is 94.0 Å². The monoisotopic (exact) mass is 530 g/mol. The van der Waals surface area contributed by atoms with Crippen LogP contribution in [-0.4, -0.2) is 32.3 Å². The molecule has 33 heavy (non-hydrogen) atoms. The molecule has 0 bridgehead atoms. The van der Waals surface area contributed by atoms with E-state index in [9.17, 15) is 13.2 Å². The third-order valence-electron chi connectivity index (χ3n) is 5.23. The van der Waals surface area contributed by atoms with Gasteiger partial charge in [-0.25, -0.2) is 8.42 Å². The van der Waals surface area contributed by atoms with E-state index >= 15 is 0 Å². The third kappa shape index (κ3) is 6.43. The normalized spacial score (nSPS) is 12.4. The fourth-order valence-corrected chi connectivity index (χ4v) is 5.08. The second-order valence-electron chi connectivity index (χ2n) is 7.74. The van der Waals surface area contributed by atoms with Crippen LogP contribution in [0.1, 0.15) is 29.7 Å². The van der Waals surface area contributed by atoms with E-state index in [0.29, 0.717) is 5.75 Å². The van der Waals surface area contributed by atoms with E-state index in [0.717, 1.165) is 21.2 Å². The number of ether oxygens (including phenoxy) is 1. The van der Waals surface area contributed by atoms with Crippen molar-refractivity contribution >= 4 is 31.9 Å². The Kier molecular flexibility index (Phi) is 8.29. The minimum absolute atomic E-state index is 0.0694. The van der Waals surface area contributed by atoms with Gasteiger partial charge in [-0.3, -0.25) is 4.79 Å². The number of carbonyl (C=O) groups excluding carboxylic acids is 1. The van der Waals surface area contributed by atoms with Crippen LogP contribution < -0.4 is 10.1 Å². The number of halogens is 1. The molecule has 1 amide bonds. The van der Waals surface area contributed by atoms with Gasteiger partial charge in [0.25, 0.3) is 0 Å². The summed E-state index contributed by atoms with van der Waals surface area (Å²) in [7, 11) is -2.33. The number of nitrogens with zero attached hydrogens (tertiary/aromatic N) is 1. The summed E-state index contributed by atoms with van der Waals surface area (Å²) < 4.78 is 34.3. The Morgan fingerprint density at radius 3 is 2.30 bits per heavy atom. The Morgan fingerprint density at radius 2 is 1.67 bits per heavy atom. The molecule has 0 spiro atoms. The second-order valence-corrected chi connectivity index (χ2v) is 10.6. The zero-order valence-corrected chi connectivity index (χ0v) is 21.2. The number of hydrogen-bond acceptors (Lipinski definition) is 4. The van der Waals surface area contributed by atoms with Gasteiger partial charge in [0.15, 0.2) is 0 Å². The van der Waals surface area contributed by atoms with E-state index in [1.807, 2.05) is 62.4 Å². The molecule has 8 heteroatoms. The largest absolute Gasteiger partial charge is 0.496 e. The number of sulfonamides is 1. The van der Waals surface area contributed by atoms with Gasteiger partial charge in [-0.15, -0.1) is 0 Å². The third-order valence-corrected chi connectivity index (χ3v) is 7.57. The van der Waals surface area contributed by atoms with Gasteiger partial charge < -0.3 is 10.1 Å². The molecule has 0 heterocycles. The predicted octanol–water partition coefficient (Wildman–Crippen LogP) is 4.83. The average molecular weight is 531 g/mol. The molecule has 1 N–H and O–H groups in total. The summed E-state index contributed by atoms with van der Waals surface area (Å²) in [4.78, 5) is 13.1. The molecule has 0 saturated carbocycles. The van der Waals surface area contributed by atoms with Gasteiger partial charge in [-0.2, -0.15) is 4.31 Å². The number of rotatable bonds is 9. The highest BCUT2D eigenvalue weighted by atomic mass is 79.9. The van der Waals surface area contributed by atoms with Crippen molar-refractivity contribution in [2.24, 2.45) is 0 Å². The lowest BCUT2D eigenvalue weighted by Crippen LogP contribution is -2.41. The molecule has 174 valence electrons. The fraction of sp³-hybridized carbons (Fsp3) is 0.240. The molecule has 6 nitrogen and oxygen atoms in total. The van der Waals surface area contributed by atoms with Gasteiger partial charge in [0, 0.05) is 16.6 Å². The van der Waals surface area contributed by atoms with Crippen molar-refractivity contribution in [1.29, 1.82) is 0 Å². The number of para-hydroxylation sites is 1. The highest BCUT2D eigenvalue weighted by molar-refractivity contribution is 9.10. The van der Waals surface area contributed by atoms with Gasteiger partial charge in [0.2, 0.25) is 15.9 Å². The lowest BCUT2D eigenvalue weighted by Gasteiger charge is -2.24. The van der Waals surface area contributed by atoms with Gasteiger partial charge in [0.05, 0.1) is 24.6 Å². The lowest BCUT2D eigenvalue weighted by atomic mass is 10.1. The Balaban J connectivity index is 1.84. The first-order valence-electron chi connectivity index (χ1n) is 10.4. The van der Waals surface area contributed by atoms with E-state index in [2.05, 4.69) is 21.2 Å². The molecule has 0 saturated heterocycles. The number of hydrogen-bond donors (Lipinski definition) is 1. The van der Waals surface area contributed by atoms with Crippen LogP contribution in [0.25, 0.3) is 0 Å². The van der Waals surface area contributed by atoms with Gasteiger partial charge in [0.1, 0.15) is 5.75 Å². The first kappa shape index (κ1) is 25.0. The summed E-state index contributed by atoms with van der Waals surface area (Å²) >= 11 is 3.39. The maximum absolute atomic E-state index is 13.4. The van der Waals surface area contributed by atoms with E-state index in [1.54, 1.807) is 31.4 Å². The van der Waals surface area contributed by atoms with Gasteiger partial charge >= 0.3 is 0 Å². The summed E-state index contributed by atoms with van der Waals surface area (Å²) in [5.41, 5.74) is 2.55. The Bertz CT molecular complexity index is 1200. The first-order chi connectivity index (χ1) is 15.7. The molecule has 0 aliphatic heterocycles. The molecule has 3 rings (SSSR count). The molecular weight excluding hydrogens is 504 g/mol. The molecule has 0 fully saturated rings. The fourth-order valence-electron chi connectivity index (χ4n) is 3.43. The minimum atomic E-state index is -3.90. The Labute approximate surface area is 203 Å². The summed E-state index contributed by atoms with van der Waals surface area (Å²) in [6, 6.07) is 21.0. The van der Waals surface area contributed by atoms with Crippen LogP contribution in [0.5, 0.6) is 5.75 Å². The van der Waals surface area contributed by atoms with Crippen LogP contribution in [0.3, 0.4) is 0 Å². The summed E-state index contributed by atoms with van der Waals surface area (Å²) in [5.74, 6) is 0.255. The van der Waals surface area contributed by atoms with E-state index < -0.39 is 15.9 Å². The number of methoxy groups -OCH3 is 1. The number of carbonyl (C=O) groups is 1. The number of nitrogens with one attached hydrogen (secondary N) is 1. The van der Waals surface area contributed by atoms with Crippen LogP contribution >= 0.6 is 15.9 Å². The van der Waals surface area contributed by atoms with Crippen LogP contribution in [0, 0.1) is 6.92 Å². The summed E-state index contributed by atoms with van der Waals surface area (Å²) in [6.45, 7) is 3.48. The summed E-state index contributed by atoms with van der Waals surface area (Å²) in [5, 5.41) is 2.90. The zero-order valence-electron chi connectivity index (χ0n) is 18.8. The second kappa shape index (κ2) is 11.0. The molecule has 3 aromatic rings. The van der Waals surface area contributed by atoms with Crippen molar-refractivity contribution in [3.8, 4) is 5.75 Å². The first-order valence-corrected chi connectivity index (χ1v) is 12.7. The molecule has 1 atom stereocenters. The maximum Gasteiger partial charge on any atom is 0.243 e. The van der Waals surface area contributed by atoms with Crippen molar-refractivity contribution in [3.63, 3.8) is 0 Å². The predicted molar refractivity (Wildman–Crippen MR) is 132 cm³/mol. The topological polar surface area (TPSA) is 75.7 Å². The molecule has 0 aliphatic rings. The Morgan fingerprint density at radius 1 is 1.03 bits per heavy atom. The van der Waals surface area contributed by atoms with Crippen molar-refractivity contribution < 1.29 is 17.9 Å². The molecule has 0 radical (unpaired) electrons. The van der Waals surface area contributed by atoms with E-state index in [1.165, 1.54) is 4.31 Å². The van der Waals surface area contributed by atoms with Crippen molar-refractivity contribution in [2.75, 3.05) is 13.7 Å². The minimum Gasteiger partial charge on any atom is -0.496 e.